The fraction of sp³-hybridized carbons (Fsp3) is 0.296. The summed E-state index contributed by atoms with van der Waals surface area (Å²) in [5.74, 6) is -2.94. The van der Waals surface area contributed by atoms with Gasteiger partial charge in [-0.15, -0.1) is 0 Å². The second-order valence-electron chi connectivity index (χ2n) is 9.07. The Kier molecular flexibility index (Phi) is 10.1. The first-order chi connectivity index (χ1) is 17.8. The molecule has 0 saturated heterocycles. The number of carbonyl (C=O) groups is 5. The van der Waals surface area contributed by atoms with Crippen molar-refractivity contribution in [1.29, 1.82) is 0 Å². The predicted molar refractivity (Wildman–Crippen MR) is 139 cm³/mol. The fourth-order valence-corrected chi connectivity index (χ4v) is 3.03. The molecule has 2 aromatic carbocycles. The third-order valence-corrected chi connectivity index (χ3v) is 4.77. The van der Waals surface area contributed by atoms with Gasteiger partial charge in [0.15, 0.2) is 6.04 Å². The molecule has 0 radical (unpaired) electrons. The van der Waals surface area contributed by atoms with E-state index >= 15 is 0 Å². The summed E-state index contributed by atoms with van der Waals surface area (Å²) in [4.78, 5) is 60.0. The quantitative estimate of drug-likeness (QED) is 0.257. The molecule has 0 spiro atoms. The van der Waals surface area contributed by atoms with Crippen LogP contribution in [0.15, 0.2) is 60.8 Å². The van der Waals surface area contributed by atoms with Crippen LogP contribution in [0.2, 0.25) is 0 Å². The molecule has 11 nitrogen and oxygen atoms in total. The van der Waals surface area contributed by atoms with Crippen LogP contribution < -0.4 is 16.0 Å². The SMILES string of the molecule is C=C(NC(=O)c1cccc(-c2ccc(NC(=O)OC(C)(C)C)cc2)c1)C(=O)N[C@@H](COC(C)=O)C(=O)OC. The van der Waals surface area contributed by atoms with Gasteiger partial charge in [-0.3, -0.25) is 19.7 Å². The van der Waals surface area contributed by atoms with Crippen molar-refractivity contribution < 1.29 is 38.2 Å². The molecule has 1 atom stereocenters. The average molecular weight is 526 g/mol. The largest absolute Gasteiger partial charge is 0.467 e. The predicted octanol–water partition coefficient (Wildman–Crippen LogP) is 3.17. The van der Waals surface area contributed by atoms with Crippen molar-refractivity contribution in [2.24, 2.45) is 0 Å². The van der Waals surface area contributed by atoms with E-state index in [1.165, 1.54) is 0 Å². The molecular weight excluding hydrogens is 494 g/mol. The van der Waals surface area contributed by atoms with Gasteiger partial charge in [0.2, 0.25) is 0 Å². The van der Waals surface area contributed by atoms with Crippen LogP contribution in [0.5, 0.6) is 0 Å². The Morgan fingerprint density at radius 3 is 2.21 bits per heavy atom. The van der Waals surface area contributed by atoms with Gasteiger partial charge < -0.3 is 24.8 Å². The molecule has 0 aliphatic rings. The van der Waals surface area contributed by atoms with E-state index in [-0.39, 0.29) is 11.3 Å². The van der Waals surface area contributed by atoms with E-state index in [0.717, 1.165) is 19.6 Å². The van der Waals surface area contributed by atoms with Crippen molar-refractivity contribution in [3.05, 3.63) is 66.4 Å². The van der Waals surface area contributed by atoms with E-state index in [4.69, 9.17) is 9.47 Å². The molecule has 3 N–H and O–H groups in total. The molecule has 0 fully saturated rings. The molecule has 11 heteroatoms. The van der Waals surface area contributed by atoms with Crippen molar-refractivity contribution in [3.8, 4) is 11.1 Å². The maximum absolute atomic E-state index is 12.7. The number of esters is 2. The molecule has 38 heavy (non-hydrogen) atoms. The van der Waals surface area contributed by atoms with Gasteiger partial charge in [-0.25, -0.2) is 9.59 Å². The van der Waals surface area contributed by atoms with Gasteiger partial charge >= 0.3 is 18.0 Å². The third-order valence-electron chi connectivity index (χ3n) is 4.77. The van der Waals surface area contributed by atoms with Crippen LogP contribution in [-0.2, 0) is 28.6 Å². The molecule has 0 aliphatic heterocycles. The zero-order chi connectivity index (χ0) is 28.5. The Morgan fingerprint density at radius 2 is 1.63 bits per heavy atom. The van der Waals surface area contributed by atoms with Crippen LogP contribution >= 0.6 is 0 Å². The van der Waals surface area contributed by atoms with Crippen LogP contribution in [0.1, 0.15) is 38.1 Å². The summed E-state index contributed by atoms with van der Waals surface area (Å²) in [6.45, 7) is 9.56. The smallest absolute Gasteiger partial charge is 0.412 e. The number of carbonyl (C=O) groups excluding carboxylic acids is 5. The first-order valence-corrected chi connectivity index (χ1v) is 11.5. The number of hydrogen-bond donors (Lipinski definition) is 3. The highest BCUT2D eigenvalue weighted by atomic mass is 16.6. The molecule has 0 saturated carbocycles. The zero-order valence-corrected chi connectivity index (χ0v) is 21.9. The van der Waals surface area contributed by atoms with E-state index in [1.807, 2.05) is 0 Å². The van der Waals surface area contributed by atoms with E-state index in [0.29, 0.717) is 11.3 Å². The van der Waals surface area contributed by atoms with Crippen LogP contribution in [0, 0.1) is 0 Å². The lowest BCUT2D eigenvalue weighted by molar-refractivity contribution is -0.150. The number of anilines is 1. The Morgan fingerprint density at radius 1 is 0.974 bits per heavy atom. The van der Waals surface area contributed by atoms with Gasteiger partial charge in [0.25, 0.3) is 11.8 Å². The number of nitrogens with one attached hydrogen (secondary N) is 3. The standard InChI is InChI=1S/C27H31N3O8/c1-16(23(32)30-22(25(34)36-6)15-37-17(2)31)28-24(33)20-9-7-8-19(14-20)18-10-12-21(13-11-18)29-26(35)38-27(3,4)5/h7-14,22H,1,15H2,2-6H3,(H,28,33)(H,29,35)(H,30,32)/t22-/m0/s1. The third kappa shape index (κ3) is 9.41. The summed E-state index contributed by atoms with van der Waals surface area (Å²) in [5, 5.41) is 7.34. The first-order valence-electron chi connectivity index (χ1n) is 11.5. The van der Waals surface area contributed by atoms with E-state index in [1.54, 1.807) is 69.3 Å². The minimum atomic E-state index is -1.28. The van der Waals surface area contributed by atoms with E-state index < -0.39 is 48.1 Å². The molecular formula is C27H31N3O8. The van der Waals surface area contributed by atoms with Gasteiger partial charge in [0.05, 0.1) is 12.8 Å². The molecule has 2 aromatic rings. The van der Waals surface area contributed by atoms with Crippen molar-refractivity contribution in [1.82, 2.24) is 10.6 Å². The van der Waals surface area contributed by atoms with Gasteiger partial charge in [-0.05, 0) is 56.2 Å². The lowest BCUT2D eigenvalue weighted by Gasteiger charge is -2.19. The van der Waals surface area contributed by atoms with Crippen LogP contribution in [0.3, 0.4) is 0 Å². The summed E-state index contributed by atoms with van der Waals surface area (Å²) in [6.07, 6.45) is -0.572. The highest BCUT2D eigenvalue weighted by molar-refractivity contribution is 6.03. The number of hydrogen-bond acceptors (Lipinski definition) is 8. The maximum atomic E-state index is 12.7. The fourth-order valence-electron chi connectivity index (χ4n) is 3.03. The van der Waals surface area contributed by atoms with E-state index in [9.17, 15) is 24.0 Å². The second-order valence-corrected chi connectivity index (χ2v) is 9.07. The summed E-state index contributed by atoms with van der Waals surface area (Å²) in [7, 11) is 1.12. The van der Waals surface area contributed by atoms with E-state index in [2.05, 4.69) is 27.3 Å². The highest BCUT2D eigenvalue weighted by Gasteiger charge is 2.25. The Bertz CT molecular complexity index is 1220. The number of rotatable bonds is 9. The monoisotopic (exact) mass is 525 g/mol. The topological polar surface area (TPSA) is 149 Å². The molecule has 2 rings (SSSR count). The summed E-state index contributed by atoms with van der Waals surface area (Å²) in [6, 6.07) is 12.3. The van der Waals surface area contributed by atoms with Gasteiger partial charge in [0.1, 0.15) is 12.2 Å². The zero-order valence-electron chi connectivity index (χ0n) is 21.9. The van der Waals surface area contributed by atoms with Gasteiger partial charge in [0, 0.05) is 18.2 Å². The Labute approximate surface area is 220 Å². The number of benzene rings is 2. The van der Waals surface area contributed by atoms with Crippen LogP contribution in [0.25, 0.3) is 11.1 Å². The summed E-state index contributed by atoms with van der Waals surface area (Å²) < 4.78 is 14.6. The van der Waals surface area contributed by atoms with Crippen molar-refractivity contribution in [3.63, 3.8) is 0 Å². The van der Waals surface area contributed by atoms with Gasteiger partial charge in [-0.1, -0.05) is 30.8 Å². The molecule has 202 valence electrons. The van der Waals surface area contributed by atoms with Crippen LogP contribution in [0.4, 0.5) is 10.5 Å². The first kappa shape index (κ1) is 29.6. The normalized spacial score (nSPS) is 11.4. The van der Waals surface area contributed by atoms with Crippen molar-refractivity contribution >= 4 is 35.5 Å². The van der Waals surface area contributed by atoms with Crippen LogP contribution in [-0.4, -0.2) is 55.2 Å². The number of amides is 3. The lowest BCUT2D eigenvalue weighted by Crippen LogP contribution is -2.47. The Balaban J connectivity index is 2.04. The molecule has 0 unspecified atom stereocenters. The van der Waals surface area contributed by atoms with Gasteiger partial charge in [-0.2, -0.15) is 0 Å². The van der Waals surface area contributed by atoms with Crippen molar-refractivity contribution in [2.45, 2.75) is 39.3 Å². The summed E-state index contributed by atoms with van der Waals surface area (Å²) >= 11 is 0. The minimum Gasteiger partial charge on any atom is -0.467 e. The summed E-state index contributed by atoms with van der Waals surface area (Å²) in [5.41, 5.74) is 1.33. The molecule has 0 aromatic heterocycles. The molecule has 3 amide bonds. The molecule has 0 heterocycles. The number of methoxy groups -OCH3 is 1. The maximum Gasteiger partial charge on any atom is 0.412 e. The minimum absolute atomic E-state index is 0.247. The van der Waals surface area contributed by atoms with Crippen molar-refractivity contribution in [2.75, 3.05) is 19.0 Å². The highest BCUT2D eigenvalue weighted by Crippen LogP contribution is 2.23. The molecule has 0 bridgehead atoms. The average Bonchev–Trinajstić information content (AvgIpc) is 2.85. The molecule has 0 aliphatic carbocycles. The Hall–Kier alpha value is -4.67. The lowest BCUT2D eigenvalue weighted by atomic mass is 10.0. The number of ether oxygens (including phenoxy) is 3. The second kappa shape index (κ2) is 13.0.